The Morgan fingerprint density at radius 3 is 2.18 bits per heavy atom. The number of hydrogen-bond donors (Lipinski definition) is 1. The number of halogens is 2. The van der Waals surface area contributed by atoms with Crippen molar-refractivity contribution in [3.63, 3.8) is 0 Å². The summed E-state index contributed by atoms with van der Waals surface area (Å²) >= 11 is 0. The standard InChI is InChI=1S/C29H27F2N5O2/c1-18-15-36(29(19-4-8-21(30)9-5-19)20-6-10-22(31)11-7-20)23(17-37)16-35(18)25-14-27(38)34(3)24-12-13-26(32-2)33-28(24)25/h4-14,18,23,29,37H,15-17H2,1,3H3/t18-,23-/m0/s1. The predicted molar refractivity (Wildman–Crippen MR) is 142 cm³/mol. The lowest BCUT2D eigenvalue weighted by Gasteiger charge is -2.49. The minimum absolute atomic E-state index is 0.116. The maximum atomic E-state index is 13.8. The molecule has 1 aliphatic rings. The van der Waals surface area contributed by atoms with Crippen molar-refractivity contribution in [3.05, 3.63) is 111 Å². The summed E-state index contributed by atoms with van der Waals surface area (Å²) in [4.78, 5) is 25.0. The van der Waals surface area contributed by atoms with Crippen molar-refractivity contribution >= 4 is 22.5 Å². The van der Waals surface area contributed by atoms with E-state index in [0.717, 1.165) is 11.1 Å². The zero-order valence-corrected chi connectivity index (χ0v) is 21.1. The molecule has 2 aromatic heterocycles. The summed E-state index contributed by atoms with van der Waals surface area (Å²) in [6.45, 7) is 10.1. The van der Waals surface area contributed by atoms with Crippen LogP contribution in [0.25, 0.3) is 15.9 Å². The molecule has 1 saturated heterocycles. The highest BCUT2D eigenvalue weighted by Crippen LogP contribution is 2.36. The normalized spacial score (nSPS) is 18.2. The van der Waals surface area contributed by atoms with Crippen molar-refractivity contribution in [1.29, 1.82) is 0 Å². The molecule has 9 heteroatoms. The van der Waals surface area contributed by atoms with Crippen LogP contribution in [0.2, 0.25) is 0 Å². The van der Waals surface area contributed by atoms with Crippen LogP contribution in [0, 0.1) is 18.2 Å². The van der Waals surface area contributed by atoms with E-state index in [2.05, 4.69) is 14.7 Å². The second-order valence-corrected chi connectivity index (χ2v) is 9.62. The zero-order valence-electron chi connectivity index (χ0n) is 21.1. The number of aryl methyl sites for hydroxylation is 1. The van der Waals surface area contributed by atoms with Crippen molar-refractivity contribution < 1.29 is 13.9 Å². The molecule has 1 aliphatic heterocycles. The van der Waals surface area contributed by atoms with Crippen LogP contribution in [0.4, 0.5) is 20.3 Å². The number of aromatic nitrogens is 2. The van der Waals surface area contributed by atoms with Gasteiger partial charge in [0.2, 0.25) is 5.52 Å². The molecular weight excluding hydrogens is 488 g/mol. The highest BCUT2D eigenvalue weighted by molar-refractivity contribution is 5.89. The van der Waals surface area contributed by atoms with Crippen LogP contribution in [0.1, 0.15) is 24.1 Å². The first-order valence-electron chi connectivity index (χ1n) is 12.3. The third-order valence-electron chi connectivity index (χ3n) is 7.28. The average Bonchev–Trinajstić information content (AvgIpc) is 2.93. The maximum absolute atomic E-state index is 13.8. The highest BCUT2D eigenvalue weighted by Gasteiger charge is 2.38. The van der Waals surface area contributed by atoms with E-state index in [1.54, 1.807) is 43.4 Å². The number of rotatable bonds is 5. The Labute approximate surface area is 219 Å². The Hall–Kier alpha value is -4.13. The molecule has 4 aromatic rings. The molecule has 0 spiro atoms. The van der Waals surface area contributed by atoms with E-state index >= 15 is 0 Å². The van der Waals surface area contributed by atoms with Gasteiger partial charge in [-0.2, -0.15) is 0 Å². The molecular formula is C29H27F2N5O2. The van der Waals surface area contributed by atoms with Crippen LogP contribution in [-0.2, 0) is 7.05 Å². The van der Waals surface area contributed by atoms with Gasteiger partial charge in [0.1, 0.15) is 11.6 Å². The smallest absolute Gasteiger partial charge is 0.270 e. The molecule has 194 valence electrons. The lowest BCUT2D eigenvalue weighted by atomic mass is 9.93. The predicted octanol–water partition coefficient (Wildman–Crippen LogP) is 4.42. The Bertz CT molecular complexity index is 1520. The summed E-state index contributed by atoms with van der Waals surface area (Å²) in [7, 11) is 1.67. The van der Waals surface area contributed by atoms with Gasteiger partial charge in [0.05, 0.1) is 29.9 Å². The summed E-state index contributed by atoms with van der Waals surface area (Å²) < 4.78 is 29.0. The Kier molecular flexibility index (Phi) is 6.93. The molecule has 38 heavy (non-hydrogen) atoms. The Balaban J connectivity index is 1.58. The first kappa shape index (κ1) is 25.5. The molecule has 0 amide bonds. The number of piperazine rings is 1. The summed E-state index contributed by atoms with van der Waals surface area (Å²) in [6, 6.07) is 16.4. The molecule has 1 N–H and O–H groups in total. The van der Waals surface area contributed by atoms with Gasteiger partial charge < -0.3 is 19.4 Å². The topological polar surface area (TPSA) is 66.0 Å². The van der Waals surface area contributed by atoms with Gasteiger partial charge in [-0.25, -0.2) is 8.78 Å². The molecule has 0 saturated carbocycles. The van der Waals surface area contributed by atoms with Gasteiger partial charge in [-0.15, -0.1) is 4.98 Å². The van der Waals surface area contributed by atoms with Crippen molar-refractivity contribution in [2.75, 3.05) is 24.6 Å². The van der Waals surface area contributed by atoms with Gasteiger partial charge in [-0.1, -0.05) is 30.8 Å². The van der Waals surface area contributed by atoms with E-state index in [1.165, 1.54) is 34.9 Å². The lowest BCUT2D eigenvalue weighted by molar-refractivity contribution is 0.0727. The van der Waals surface area contributed by atoms with Crippen molar-refractivity contribution in [2.24, 2.45) is 7.05 Å². The largest absolute Gasteiger partial charge is 0.395 e. The van der Waals surface area contributed by atoms with E-state index in [9.17, 15) is 18.7 Å². The third kappa shape index (κ3) is 4.64. The van der Waals surface area contributed by atoms with Gasteiger partial charge in [0, 0.05) is 32.2 Å². The second-order valence-electron chi connectivity index (χ2n) is 9.62. The van der Waals surface area contributed by atoms with Crippen molar-refractivity contribution in [1.82, 2.24) is 14.5 Å². The van der Waals surface area contributed by atoms with E-state index in [0.29, 0.717) is 29.8 Å². The fourth-order valence-electron chi connectivity index (χ4n) is 5.33. The summed E-state index contributed by atoms with van der Waals surface area (Å²) in [5, 5.41) is 10.5. The molecule has 0 radical (unpaired) electrons. The maximum Gasteiger partial charge on any atom is 0.270 e. The number of aliphatic hydroxyl groups is 1. The van der Waals surface area contributed by atoms with Crippen LogP contribution >= 0.6 is 0 Å². The minimum Gasteiger partial charge on any atom is -0.395 e. The summed E-state index contributed by atoms with van der Waals surface area (Å²) in [5.41, 5.74) is 3.21. The SMILES string of the molecule is [C-]#[N+]c1ccc2c(n1)c(N1C[C@@H](CO)N(C(c3ccc(F)cc3)c3ccc(F)cc3)C[C@@H]1C)cc(=O)n2C. The number of fused-ring (bicyclic) bond motifs is 1. The van der Waals surface area contributed by atoms with Crippen LogP contribution < -0.4 is 10.5 Å². The monoisotopic (exact) mass is 515 g/mol. The molecule has 0 bridgehead atoms. The quantitative estimate of drug-likeness (QED) is 0.399. The van der Waals surface area contributed by atoms with Gasteiger partial charge in [-0.05, 0) is 54.4 Å². The molecule has 2 aromatic carbocycles. The molecule has 1 fully saturated rings. The van der Waals surface area contributed by atoms with Gasteiger partial charge in [0.25, 0.3) is 11.4 Å². The molecule has 2 atom stereocenters. The van der Waals surface area contributed by atoms with Crippen LogP contribution in [0.5, 0.6) is 0 Å². The lowest BCUT2D eigenvalue weighted by Crippen LogP contribution is -2.60. The molecule has 7 nitrogen and oxygen atoms in total. The van der Waals surface area contributed by atoms with Gasteiger partial charge >= 0.3 is 0 Å². The first-order valence-corrected chi connectivity index (χ1v) is 12.3. The van der Waals surface area contributed by atoms with E-state index in [1.807, 2.05) is 11.8 Å². The molecule has 0 unspecified atom stereocenters. The molecule has 5 rings (SSSR count). The van der Waals surface area contributed by atoms with Crippen LogP contribution in [0.3, 0.4) is 0 Å². The Morgan fingerprint density at radius 2 is 1.63 bits per heavy atom. The van der Waals surface area contributed by atoms with Crippen LogP contribution in [0.15, 0.2) is 71.5 Å². The third-order valence-corrected chi connectivity index (χ3v) is 7.28. The van der Waals surface area contributed by atoms with E-state index in [-0.39, 0.29) is 47.7 Å². The number of benzene rings is 2. The fourth-order valence-corrected chi connectivity index (χ4v) is 5.33. The highest BCUT2D eigenvalue weighted by atomic mass is 19.1. The van der Waals surface area contributed by atoms with Gasteiger partial charge in [0.15, 0.2) is 0 Å². The minimum atomic E-state index is -0.366. The van der Waals surface area contributed by atoms with Gasteiger partial charge in [-0.3, -0.25) is 9.69 Å². The summed E-state index contributed by atoms with van der Waals surface area (Å²) in [5.74, 6) is -0.477. The average molecular weight is 516 g/mol. The van der Waals surface area contributed by atoms with E-state index in [4.69, 9.17) is 6.57 Å². The summed E-state index contributed by atoms with van der Waals surface area (Å²) in [6.07, 6.45) is 0. The molecule has 3 heterocycles. The number of anilines is 1. The van der Waals surface area contributed by atoms with Crippen LogP contribution in [-0.4, -0.2) is 51.3 Å². The van der Waals surface area contributed by atoms with E-state index < -0.39 is 0 Å². The first-order chi connectivity index (χ1) is 18.3. The zero-order chi connectivity index (χ0) is 27.0. The number of pyridine rings is 2. The fraction of sp³-hybridized carbons (Fsp3) is 0.276. The van der Waals surface area contributed by atoms with Crippen molar-refractivity contribution in [3.8, 4) is 0 Å². The number of hydrogen-bond acceptors (Lipinski definition) is 5. The Morgan fingerprint density at radius 1 is 1.03 bits per heavy atom. The number of nitrogens with zero attached hydrogens (tertiary/aromatic N) is 5. The number of aliphatic hydroxyl groups excluding tert-OH is 1. The second kappa shape index (κ2) is 10.3. The van der Waals surface area contributed by atoms with Crippen molar-refractivity contribution in [2.45, 2.75) is 25.0 Å². The molecule has 0 aliphatic carbocycles.